The van der Waals surface area contributed by atoms with Gasteiger partial charge >= 0.3 is 5.97 Å². The first-order chi connectivity index (χ1) is 16.1. The van der Waals surface area contributed by atoms with Crippen molar-refractivity contribution in [1.82, 2.24) is 0 Å². The average Bonchev–Trinajstić information content (AvgIpc) is 3.43. The first kappa shape index (κ1) is 22.9. The maximum Gasteiger partial charge on any atom is 0.336 e. The highest BCUT2D eigenvalue weighted by molar-refractivity contribution is 5.98. The first-order valence-electron chi connectivity index (χ1n) is 13.2. The third kappa shape index (κ3) is 2.63. The number of hydrogen-bond donors (Lipinski definition) is 2. The molecule has 0 aromatic heterocycles. The van der Waals surface area contributed by atoms with Crippen LogP contribution in [0.1, 0.15) is 66.2 Å². The van der Waals surface area contributed by atoms with E-state index in [1.165, 1.54) is 0 Å². The molecular weight excluding hydrogens is 432 g/mol. The lowest BCUT2D eigenvalue weighted by atomic mass is 9.44. The highest BCUT2D eigenvalue weighted by atomic mass is 16.6. The molecule has 11 atom stereocenters. The third-order valence-corrected chi connectivity index (χ3v) is 11.6. The van der Waals surface area contributed by atoms with Gasteiger partial charge in [0.25, 0.3) is 0 Å². The van der Waals surface area contributed by atoms with Gasteiger partial charge in [-0.15, -0.1) is 0 Å². The number of ketones is 1. The Bertz CT molecular complexity index is 999. The summed E-state index contributed by atoms with van der Waals surface area (Å²) >= 11 is 0. The normalized spacial score (nSPS) is 52.4. The Labute approximate surface area is 201 Å². The smallest absolute Gasteiger partial charge is 0.336 e. The van der Waals surface area contributed by atoms with Crippen LogP contribution in [0.15, 0.2) is 23.3 Å². The third-order valence-electron chi connectivity index (χ3n) is 11.6. The molecule has 3 saturated carbocycles. The Kier molecular flexibility index (Phi) is 4.90. The second-order valence-electron chi connectivity index (χ2n) is 12.5. The fourth-order valence-corrected chi connectivity index (χ4v) is 9.69. The predicted molar refractivity (Wildman–Crippen MR) is 124 cm³/mol. The molecule has 0 bridgehead atoms. The van der Waals surface area contributed by atoms with E-state index in [9.17, 15) is 19.8 Å². The van der Waals surface area contributed by atoms with Crippen molar-refractivity contribution < 1.29 is 29.3 Å². The van der Waals surface area contributed by atoms with E-state index in [0.717, 1.165) is 37.7 Å². The van der Waals surface area contributed by atoms with Crippen molar-refractivity contribution in [2.75, 3.05) is 6.61 Å². The van der Waals surface area contributed by atoms with E-state index in [1.807, 2.05) is 6.92 Å². The van der Waals surface area contributed by atoms with Crippen LogP contribution in [0.3, 0.4) is 0 Å². The summed E-state index contributed by atoms with van der Waals surface area (Å²) in [7, 11) is 0. The number of hydrogen-bond acceptors (Lipinski definition) is 6. The second-order valence-corrected chi connectivity index (χ2v) is 12.5. The quantitative estimate of drug-likeness (QED) is 0.485. The molecule has 0 amide bonds. The minimum absolute atomic E-state index is 0.0366. The minimum atomic E-state index is -0.719. The monoisotopic (exact) mass is 470 g/mol. The molecule has 0 unspecified atom stereocenters. The number of epoxide rings is 1. The molecular formula is C28H38O6. The number of carbonyl (C=O) groups excluding carboxylic acids is 2. The molecule has 6 nitrogen and oxygen atoms in total. The average molecular weight is 471 g/mol. The lowest BCUT2D eigenvalue weighted by Gasteiger charge is -2.58. The van der Waals surface area contributed by atoms with Crippen molar-refractivity contribution in [2.24, 2.45) is 40.4 Å². The van der Waals surface area contributed by atoms with Crippen molar-refractivity contribution in [3.05, 3.63) is 23.3 Å². The van der Waals surface area contributed by atoms with E-state index in [4.69, 9.17) is 9.47 Å². The number of allylic oxidation sites excluding steroid dienone is 1. The summed E-state index contributed by atoms with van der Waals surface area (Å²) in [5.41, 5.74) is 0.129. The van der Waals surface area contributed by atoms with E-state index in [1.54, 1.807) is 12.2 Å². The fourth-order valence-electron chi connectivity index (χ4n) is 9.69. The van der Waals surface area contributed by atoms with Crippen molar-refractivity contribution in [2.45, 2.75) is 90.1 Å². The zero-order chi connectivity index (χ0) is 24.2. The number of esters is 1. The lowest BCUT2D eigenvalue weighted by molar-refractivity contribution is -0.155. The van der Waals surface area contributed by atoms with Crippen molar-refractivity contribution in [3.63, 3.8) is 0 Å². The standard InChI is InChI=1S/C28H38O6/c1-14-11-21(33-25(32)17(14)13-29)15(2)18-5-6-19-16-12-24-28(34-24)23(31)8-7-22(30)27(28,4)20(16)9-10-26(18,19)3/h7-8,15-16,18-21,23-24,29,31H,5-6,9-13H2,1-4H3/t15-,16+,18-,19-,20+,21-,23-,24+,26+,27-,28+/m0/s1. The van der Waals surface area contributed by atoms with Gasteiger partial charge in [0.1, 0.15) is 17.8 Å². The summed E-state index contributed by atoms with van der Waals surface area (Å²) < 4.78 is 12.1. The number of aliphatic hydroxyl groups excluding tert-OH is 2. The van der Waals surface area contributed by atoms with Crippen LogP contribution in [0.25, 0.3) is 0 Å². The molecule has 0 radical (unpaired) electrons. The Balaban J connectivity index is 1.27. The zero-order valence-corrected chi connectivity index (χ0v) is 20.8. The van der Waals surface area contributed by atoms with Crippen LogP contribution in [-0.4, -0.2) is 52.5 Å². The molecule has 4 aliphatic carbocycles. The SMILES string of the molecule is CC1=C(CO)C(=O)O[C@H]([C@@H](C)[C@@H]2CC[C@H]3[C@H]4C[C@H]5O[C@]56[C@@H](O)C=CC(=O)[C@]6(C)[C@@H]4CC[C@]23C)C1. The highest BCUT2D eigenvalue weighted by Crippen LogP contribution is 2.73. The van der Waals surface area contributed by atoms with E-state index in [-0.39, 0.29) is 47.8 Å². The Hall–Kier alpha value is -1.50. The fraction of sp³-hybridized carbons (Fsp3) is 0.786. The Morgan fingerprint density at radius 1 is 1.18 bits per heavy atom. The summed E-state index contributed by atoms with van der Waals surface area (Å²) in [6, 6.07) is 0. The Morgan fingerprint density at radius 2 is 1.94 bits per heavy atom. The van der Waals surface area contributed by atoms with Gasteiger partial charge in [0.05, 0.1) is 23.7 Å². The van der Waals surface area contributed by atoms with Crippen LogP contribution in [0.4, 0.5) is 0 Å². The van der Waals surface area contributed by atoms with Crippen molar-refractivity contribution in [3.8, 4) is 0 Å². The van der Waals surface area contributed by atoms with Crippen LogP contribution in [0.5, 0.6) is 0 Å². The molecule has 2 aliphatic heterocycles. The molecule has 6 rings (SSSR count). The van der Waals surface area contributed by atoms with Crippen LogP contribution >= 0.6 is 0 Å². The first-order valence-corrected chi connectivity index (χ1v) is 13.2. The van der Waals surface area contributed by atoms with Gasteiger partial charge in [-0.05, 0) is 93.1 Å². The minimum Gasteiger partial charge on any atom is -0.458 e. The van der Waals surface area contributed by atoms with Crippen LogP contribution < -0.4 is 0 Å². The van der Waals surface area contributed by atoms with Crippen LogP contribution in [0.2, 0.25) is 0 Å². The molecule has 6 aliphatic rings. The van der Waals surface area contributed by atoms with E-state index in [2.05, 4.69) is 20.8 Å². The highest BCUT2D eigenvalue weighted by Gasteiger charge is 2.80. The largest absolute Gasteiger partial charge is 0.458 e. The van der Waals surface area contributed by atoms with Gasteiger partial charge in [-0.25, -0.2) is 4.79 Å². The van der Waals surface area contributed by atoms with Crippen molar-refractivity contribution >= 4 is 11.8 Å². The molecule has 186 valence electrons. The van der Waals surface area contributed by atoms with Crippen molar-refractivity contribution in [1.29, 1.82) is 0 Å². The van der Waals surface area contributed by atoms with Gasteiger partial charge in [-0.2, -0.15) is 0 Å². The molecule has 0 aromatic carbocycles. The molecule has 2 heterocycles. The number of fused-ring (bicyclic) bond motifs is 4. The predicted octanol–water partition coefficient (Wildman–Crippen LogP) is 3.35. The Morgan fingerprint density at radius 3 is 2.65 bits per heavy atom. The van der Waals surface area contributed by atoms with Gasteiger partial charge in [-0.3, -0.25) is 4.79 Å². The van der Waals surface area contributed by atoms with Crippen LogP contribution in [0, 0.1) is 40.4 Å². The molecule has 2 N–H and O–H groups in total. The van der Waals surface area contributed by atoms with E-state index >= 15 is 0 Å². The second kappa shape index (κ2) is 7.27. The number of cyclic esters (lactones) is 1. The van der Waals surface area contributed by atoms with E-state index in [0.29, 0.717) is 29.7 Å². The molecule has 6 heteroatoms. The molecule has 1 spiro atoms. The maximum atomic E-state index is 13.3. The summed E-state index contributed by atoms with van der Waals surface area (Å²) in [5.74, 6) is 1.61. The van der Waals surface area contributed by atoms with Gasteiger partial charge in [0, 0.05) is 6.42 Å². The molecule has 34 heavy (non-hydrogen) atoms. The van der Waals surface area contributed by atoms with Gasteiger partial charge in [0.15, 0.2) is 5.78 Å². The topological polar surface area (TPSA) is 96.4 Å². The number of carbonyl (C=O) groups is 2. The zero-order valence-electron chi connectivity index (χ0n) is 20.8. The summed E-state index contributed by atoms with van der Waals surface area (Å²) in [4.78, 5) is 25.8. The number of aliphatic hydroxyl groups is 2. The van der Waals surface area contributed by atoms with Crippen LogP contribution in [-0.2, 0) is 19.1 Å². The molecule has 1 saturated heterocycles. The summed E-state index contributed by atoms with van der Waals surface area (Å²) in [6.45, 7) is 8.41. The summed E-state index contributed by atoms with van der Waals surface area (Å²) in [6.07, 6.45) is 8.23. The lowest BCUT2D eigenvalue weighted by Crippen LogP contribution is -2.63. The van der Waals surface area contributed by atoms with Gasteiger partial charge < -0.3 is 19.7 Å². The molecule has 0 aromatic rings. The van der Waals surface area contributed by atoms with Gasteiger partial charge in [0.2, 0.25) is 0 Å². The number of rotatable bonds is 3. The summed E-state index contributed by atoms with van der Waals surface area (Å²) in [5, 5.41) is 20.4. The van der Waals surface area contributed by atoms with Gasteiger partial charge in [-0.1, -0.05) is 19.4 Å². The molecule has 4 fully saturated rings. The number of ether oxygens (including phenoxy) is 2. The maximum absolute atomic E-state index is 13.3. The van der Waals surface area contributed by atoms with E-state index < -0.39 is 17.1 Å².